The van der Waals surface area contributed by atoms with Crippen molar-refractivity contribution in [1.82, 2.24) is 15.3 Å². The van der Waals surface area contributed by atoms with Crippen molar-refractivity contribution in [3.8, 4) is 9.88 Å². The summed E-state index contributed by atoms with van der Waals surface area (Å²) in [5, 5.41) is 6.73. The van der Waals surface area contributed by atoms with E-state index in [-0.39, 0.29) is 0 Å². The van der Waals surface area contributed by atoms with E-state index in [1.165, 1.54) is 23.4 Å². The molecular formula is C10H11N3S2. The van der Waals surface area contributed by atoms with Crippen LogP contribution in [0.5, 0.6) is 0 Å². The van der Waals surface area contributed by atoms with Gasteiger partial charge in [-0.05, 0) is 19.4 Å². The summed E-state index contributed by atoms with van der Waals surface area (Å²) in [4.78, 5) is 9.91. The zero-order valence-electron chi connectivity index (χ0n) is 8.14. The van der Waals surface area contributed by atoms with Crippen LogP contribution in [0.15, 0.2) is 17.1 Å². The fourth-order valence-corrected chi connectivity index (χ4v) is 3.39. The van der Waals surface area contributed by atoms with Gasteiger partial charge in [-0.2, -0.15) is 0 Å². The van der Waals surface area contributed by atoms with Gasteiger partial charge in [0.2, 0.25) is 0 Å². The quantitative estimate of drug-likeness (QED) is 0.872. The summed E-state index contributed by atoms with van der Waals surface area (Å²) in [6.07, 6.45) is 4.36. The molecule has 1 fully saturated rings. The summed E-state index contributed by atoms with van der Waals surface area (Å²) in [5.74, 6) is 0. The Balaban J connectivity index is 1.87. The van der Waals surface area contributed by atoms with Gasteiger partial charge in [0.05, 0.1) is 22.1 Å². The Kier molecular flexibility index (Phi) is 2.52. The van der Waals surface area contributed by atoms with Crippen molar-refractivity contribution in [1.29, 1.82) is 0 Å². The Bertz CT molecular complexity index is 429. The molecule has 2 aromatic rings. The molecule has 1 aliphatic rings. The molecule has 0 radical (unpaired) electrons. The van der Waals surface area contributed by atoms with E-state index in [9.17, 15) is 0 Å². The minimum Gasteiger partial charge on any atom is -0.309 e. The number of hydrogen-bond donors (Lipinski definition) is 1. The van der Waals surface area contributed by atoms with Crippen molar-refractivity contribution in [2.24, 2.45) is 0 Å². The van der Waals surface area contributed by atoms with Crippen molar-refractivity contribution in [2.45, 2.75) is 18.9 Å². The molecule has 1 atom stereocenters. The number of hydrogen-bond acceptors (Lipinski definition) is 5. The van der Waals surface area contributed by atoms with Crippen LogP contribution >= 0.6 is 22.7 Å². The predicted molar refractivity (Wildman–Crippen MR) is 63.2 cm³/mol. The molecule has 1 saturated heterocycles. The molecule has 3 heterocycles. The Morgan fingerprint density at radius 1 is 1.40 bits per heavy atom. The average molecular weight is 237 g/mol. The Hall–Kier alpha value is -0.780. The topological polar surface area (TPSA) is 37.8 Å². The molecule has 1 aliphatic heterocycles. The van der Waals surface area contributed by atoms with Gasteiger partial charge < -0.3 is 5.32 Å². The fourth-order valence-electron chi connectivity index (χ4n) is 1.82. The van der Waals surface area contributed by atoms with Crippen LogP contribution in [0.2, 0.25) is 0 Å². The van der Waals surface area contributed by atoms with E-state index in [0.717, 1.165) is 11.6 Å². The standard InChI is InChI=1S/C10H11N3S2/c1-2-7(12-3-1)8-5-14-10(13-8)9-4-11-6-15-9/h4-7,12H,1-3H2/t7-/m1/s1. The zero-order valence-corrected chi connectivity index (χ0v) is 9.77. The van der Waals surface area contributed by atoms with Crippen molar-refractivity contribution in [3.05, 3.63) is 22.8 Å². The van der Waals surface area contributed by atoms with Gasteiger partial charge >= 0.3 is 0 Å². The highest BCUT2D eigenvalue weighted by Gasteiger charge is 2.19. The molecule has 78 valence electrons. The lowest BCUT2D eigenvalue weighted by atomic mass is 10.2. The minimum atomic E-state index is 0.475. The summed E-state index contributed by atoms with van der Waals surface area (Å²) in [6.45, 7) is 1.12. The van der Waals surface area contributed by atoms with Crippen LogP contribution in [0, 0.1) is 0 Å². The second kappa shape index (κ2) is 4.00. The van der Waals surface area contributed by atoms with E-state index in [4.69, 9.17) is 0 Å². The largest absolute Gasteiger partial charge is 0.309 e. The third-order valence-electron chi connectivity index (χ3n) is 2.58. The Morgan fingerprint density at radius 2 is 2.40 bits per heavy atom. The summed E-state index contributed by atoms with van der Waals surface area (Å²) in [5.41, 5.74) is 3.05. The molecule has 0 aliphatic carbocycles. The molecule has 0 spiro atoms. The third-order valence-corrected chi connectivity index (χ3v) is 4.39. The van der Waals surface area contributed by atoms with E-state index in [1.807, 2.05) is 11.7 Å². The highest BCUT2D eigenvalue weighted by atomic mass is 32.1. The minimum absolute atomic E-state index is 0.475. The summed E-state index contributed by atoms with van der Waals surface area (Å²) in [7, 11) is 0. The van der Waals surface area contributed by atoms with Gasteiger partial charge in [0, 0.05) is 11.6 Å². The van der Waals surface area contributed by atoms with Crippen LogP contribution < -0.4 is 5.32 Å². The average Bonchev–Trinajstić information content (AvgIpc) is 3.02. The number of nitrogens with one attached hydrogen (secondary N) is 1. The van der Waals surface area contributed by atoms with Gasteiger partial charge in [-0.15, -0.1) is 22.7 Å². The van der Waals surface area contributed by atoms with Crippen LogP contribution in [0.3, 0.4) is 0 Å². The number of thiazole rings is 2. The van der Waals surface area contributed by atoms with Crippen LogP contribution in [0.1, 0.15) is 24.6 Å². The van der Waals surface area contributed by atoms with Crippen LogP contribution in [0.4, 0.5) is 0 Å². The highest BCUT2D eigenvalue weighted by molar-refractivity contribution is 7.19. The molecule has 15 heavy (non-hydrogen) atoms. The molecule has 0 bridgehead atoms. The van der Waals surface area contributed by atoms with E-state index < -0.39 is 0 Å². The maximum Gasteiger partial charge on any atom is 0.135 e. The first-order chi connectivity index (χ1) is 7.43. The molecule has 1 N–H and O–H groups in total. The monoisotopic (exact) mass is 237 g/mol. The molecule has 0 unspecified atom stereocenters. The number of nitrogens with zero attached hydrogens (tertiary/aromatic N) is 2. The molecule has 3 nitrogen and oxygen atoms in total. The Morgan fingerprint density at radius 3 is 3.13 bits per heavy atom. The summed E-state index contributed by atoms with van der Waals surface area (Å²) in [6, 6.07) is 0.475. The van der Waals surface area contributed by atoms with Crippen molar-refractivity contribution < 1.29 is 0 Å². The molecule has 0 amide bonds. The summed E-state index contributed by atoms with van der Waals surface area (Å²) >= 11 is 3.36. The van der Waals surface area contributed by atoms with Crippen LogP contribution in [-0.2, 0) is 0 Å². The van der Waals surface area contributed by atoms with Gasteiger partial charge in [-0.1, -0.05) is 0 Å². The van der Waals surface area contributed by atoms with Gasteiger partial charge in [0.25, 0.3) is 0 Å². The van der Waals surface area contributed by atoms with Crippen LogP contribution in [0.25, 0.3) is 9.88 Å². The molecule has 0 saturated carbocycles. The van der Waals surface area contributed by atoms with Gasteiger partial charge in [0.1, 0.15) is 5.01 Å². The molecular weight excluding hydrogens is 226 g/mol. The lowest BCUT2D eigenvalue weighted by molar-refractivity contribution is 0.632. The maximum atomic E-state index is 4.66. The van der Waals surface area contributed by atoms with Crippen molar-refractivity contribution >= 4 is 22.7 Å². The van der Waals surface area contributed by atoms with Gasteiger partial charge in [-0.3, -0.25) is 4.98 Å². The van der Waals surface area contributed by atoms with Crippen molar-refractivity contribution in [3.63, 3.8) is 0 Å². The van der Waals surface area contributed by atoms with E-state index in [2.05, 4.69) is 20.7 Å². The molecule has 0 aromatic carbocycles. The lowest BCUT2D eigenvalue weighted by Crippen LogP contribution is -2.12. The zero-order chi connectivity index (χ0) is 10.1. The number of aromatic nitrogens is 2. The molecule has 2 aromatic heterocycles. The normalized spacial score (nSPS) is 20.9. The second-order valence-electron chi connectivity index (χ2n) is 3.59. The highest BCUT2D eigenvalue weighted by Crippen LogP contribution is 2.31. The molecule has 3 rings (SSSR count). The number of rotatable bonds is 2. The smallest absolute Gasteiger partial charge is 0.135 e. The predicted octanol–water partition coefficient (Wildman–Crippen LogP) is 2.69. The van der Waals surface area contributed by atoms with Crippen LogP contribution in [-0.4, -0.2) is 16.5 Å². The Labute approximate surface area is 96.2 Å². The first-order valence-corrected chi connectivity index (χ1v) is 6.77. The summed E-state index contributed by atoms with van der Waals surface area (Å²) < 4.78 is 0. The van der Waals surface area contributed by atoms with E-state index in [0.29, 0.717) is 6.04 Å². The van der Waals surface area contributed by atoms with E-state index in [1.54, 1.807) is 22.7 Å². The first-order valence-electron chi connectivity index (χ1n) is 5.01. The van der Waals surface area contributed by atoms with Gasteiger partial charge in [0.15, 0.2) is 0 Å². The lowest BCUT2D eigenvalue weighted by Gasteiger charge is -2.04. The SMILES string of the molecule is c1ncc(-c2nc([C@H]3CCCN3)cs2)s1. The van der Waals surface area contributed by atoms with E-state index >= 15 is 0 Å². The first kappa shape index (κ1) is 9.45. The van der Waals surface area contributed by atoms with Gasteiger partial charge in [-0.25, -0.2) is 4.98 Å². The second-order valence-corrected chi connectivity index (χ2v) is 5.34. The third kappa shape index (κ3) is 1.82. The fraction of sp³-hybridized carbons (Fsp3) is 0.400. The maximum absolute atomic E-state index is 4.66. The molecule has 5 heteroatoms. The van der Waals surface area contributed by atoms with Crippen molar-refractivity contribution in [2.75, 3.05) is 6.54 Å².